The summed E-state index contributed by atoms with van der Waals surface area (Å²) < 4.78 is 3.04. The first-order chi connectivity index (χ1) is 10.7. The minimum Gasteiger partial charge on any atom is -0.331 e. The van der Waals surface area contributed by atoms with Gasteiger partial charge in [-0.1, -0.05) is 30.3 Å². The third kappa shape index (κ3) is 2.04. The SMILES string of the molecule is Cc1nccn1Cc1csc2ccc3ccccc3c2c1=O. The number of aromatic nitrogens is 2. The van der Waals surface area contributed by atoms with Crippen LogP contribution in [0.3, 0.4) is 0 Å². The van der Waals surface area contributed by atoms with Gasteiger partial charge in [-0.15, -0.1) is 11.3 Å². The Morgan fingerprint density at radius 2 is 2.05 bits per heavy atom. The third-order valence-corrected chi connectivity index (χ3v) is 5.00. The van der Waals surface area contributed by atoms with E-state index in [0.717, 1.165) is 32.2 Å². The molecule has 4 aromatic rings. The van der Waals surface area contributed by atoms with Crippen molar-refractivity contribution in [3.63, 3.8) is 0 Å². The van der Waals surface area contributed by atoms with Gasteiger partial charge in [0.15, 0.2) is 5.43 Å². The molecule has 2 aromatic heterocycles. The van der Waals surface area contributed by atoms with Crippen LogP contribution in [0.1, 0.15) is 11.4 Å². The van der Waals surface area contributed by atoms with Gasteiger partial charge in [-0.2, -0.15) is 0 Å². The number of aryl methyl sites for hydroxylation is 1. The fraction of sp³-hybridized carbons (Fsp3) is 0.111. The minimum absolute atomic E-state index is 0.124. The van der Waals surface area contributed by atoms with Gasteiger partial charge in [0.2, 0.25) is 0 Å². The molecule has 0 radical (unpaired) electrons. The summed E-state index contributed by atoms with van der Waals surface area (Å²) >= 11 is 1.63. The summed E-state index contributed by atoms with van der Waals surface area (Å²) in [4.78, 5) is 17.2. The van der Waals surface area contributed by atoms with E-state index in [0.29, 0.717) is 6.54 Å². The molecule has 108 valence electrons. The quantitative estimate of drug-likeness (QED) is 0.525. The number of benzene rings is 2. The average Bonchev–Trinajstić information content (AvgIpc) is 2.94. The number of hydrogen-bond donors (Lipinski definition) is 0. The Labute approximate surface area is 131 Å². The normalized spacial score (nSPS) is 11.3. The molecular formula is C18H14N2OS. The Morgan fingerprint density at radius 1 is 1.18 bits per heavy atom. The van der Waals surface area contributed by atoms with Crippen LogP contribution in [0.5, 0.6) is 0 Å². The van der Waals surface area contributed by atoms with Crippen LogP contribution in [0.25, 0.3) is 20.9 Å². The molecule has 0 aliphatic heterocycles. The molecule has 0 N–H and O–H groups in total. The van der Waals surface area contributed by atoms with Crippen LogP contribution in [0, 0.1) is 6.92 Å². The van der Waals surface area contributed by atoms with E-state index < -0.39 is 0 Å². The van der Waals surface area contributed by atoms with Crippen LogP contribution < -0.4 is 5.43 Å². The smallest absolute Gasteiger partial charge is 0.193 e. The maximum atomic E-state index is 13.0. The van der Waals surface area contributed by atoms with Gasteiger partial charge < -0.3 is 4.57 Å². The molecule has 0 atom stereocenters. The molecule has 0 spiro atoms. The summed E-state index contributed by atoms with van der Waals surface area (Å²) in [5, 5.41) is 4.94. The van der Waals surface area contributed by atoms with Crippen molar-refractivity contribution in [2.45, 2.75) is 13.5 Å². The fourth-order valence-electron chi connectivity index (χ4n) is 2.80. The summed E-state index contributed by atoms with van der Waals surface area (Å²) in [5.74, 6) is 0.919. The third-order valence-electron chi connectivity index (χ3n) is 4.00. The van der Waals surface area contributed by atoms with Crippen molar-refractivity contribution in [1.29, 1.82) is 0 Å². The Kier molecular flexibility index (Phi) is 3.05. The highest BCUT2D eigenvalue weighted by Gasteiger charge is 2.10. The highest BCUT2D eigenvalue weighted by Crippen LogP contribution is 2.26. The Bertz CT molecular complexity index is 1050. The topological polar surface area (TPSA) is 34.9 Å². The largest absolute Gasteiger partial charge is 0.331 e. The van der Waals surface area contributed by atoms with Crippen molar-refractivity contribution in [2.24, 2.45) is 0 Å². The maximum absolute atomic E-state index is 13.0. The second-order valence-electron chi connectivity index (χ2n) is 5.35. The van der Waals surface area contributed by atoms with Gasteiger partial charge >= 0.3 is 0 Å². The van der Waals surface area contributed by atoms with Gasteiger partial charge in [-0.25, -0.2) is 4.98 Å². The van der Waals surface area contributed by atoms with Crippen molar-refractivity contribution >= 4 is 32.2 Å². The molecule has 0 unspecified atom stereocenters. The van der Waals surface area contributed by atoms with Crippen LogP contribution in [0.15, 0.2) is 59.0 Å². The van der Waals surface area contributed by atoms with Gasteiger partial charge in [0.25, 0.3) is 0 Å². The van der Waals surface area contributed by atoms with Crippen LogP contribution >= 0.6 is 11.3 Å². The average molecular weight is 306 g/mol. The summed E-state index contributed by atoms with van der Waals surface area (Å²) in [7, 11) is 0. The molecule has 3 nitrogen and oxygen atoms in total. The zero-order valence-electron chi connectivity index (χ0n) is 12.1. The Hall–Kier alpha value is -2.46. The standard InChI is InChI=1S/C18H14N2OS/c1-12-19-8-9-20(12)10-14-11-22-16-7-6-13-4-2-3-5-15(13)17(16)18(14)21/h2-9,11H,10H2,1H3. The Balaban J connectivity index is 1.98. The molecule has 0 bridgehead atoms. The van der Waals surface area contributed by atoms with E-state index >= 15 is 0 Å². The lowest BCUT2D eigenvalue weighted by Gasteiger charge is -2.07. The number of hydrogen-bond acceptors (Lipinski definition) is 3. The molecule has 2 heterocycles. The first-order valence-electron chi connectivity index (χ1n) is 7.14. The molecule has 4 rings (SSSR count). The Morgan fingerprint density at radius 3 is 2.86 bits per heavy atom. The minimum atomic E-state index is 0.124. The molecule has 4 heteroatoms. The highest BCUT2D eigenvalue weighted by molar-refractivity contribution is 7.16. The lowest BCUT2D eigenvalue weighted by atomic mass is 10.1. The second-order valence-corrected chi connectivity index (χ2v) is 6.26. The number of imidazole rings is 1. The lowest BCUT2D eigenvalue weighted by Crippen LogP contribution is -2.13. The van der Waals surface area contributed by atoms with E-state index in [4.69, 9.17) is 0 Å². The van der Waals surface area contributed by atoms with Crippen LogP contribution in [0.4, 0.5) is 0 Å². The molecular weight excluding hydrogens is 292 g/mol. The van der Waals surface area contributed by atoms with Gasteiger partial charge in [0, 0.05) is 33.4 Å². The number of rotatable bonds is 2. The molecule has 0 amide bonds. The first kappa shape index (κ1) is 13.2. The van der Waals surface area contributed by atoms with E-state index in [1.807, 2.05) is 53.4 Å². The van der Waals surface area contributed by atoms with Gasteiger partial charge in [0.1, 0.15) is 5.82 Å². The van der Waals surface area contributed by atoms with Crippen molar-refractivity contribution in [2.75, 3.05) is 0 Å². The van der Waals surface area contributed by atoms with E-state index in [2.05, 4.69) is 11.1 Å². The van der Waals surface area contributed by atoms with Crippen LogP contribution in [-0.2, 0) is 6.54 Å². The zero-order chi connectivity index (χ0) is 15.1. The molecule has 0 saturated heterocycles. The maximum Gasteiger partial charge on any atom is 0.193 e. The molecule has 0 fully saturated rings. The highest BCUT2D eigenvalue weighted by atomic mass is 32.1. The predicted molar refractivity (Wildman–Crippen MR) is 91.7 cm³/mol. The van der Waals surface area contributed by atoms with Gasteiger partial charge in [-0.3, -0.25) is 4.79 Å². The molecule has 0 aliphatic carbocycles. The van der Waals surface area contributed by atoms with Crippen molar-refractivity contribution in [3.05, 3.63) is 75.8 Å². The van der Waals surface area contributed by atoms with E-state index in [1.165, 1.54) is 0 Å². The van der Waals surface area contributed by atoms with E-state index in [-0.39, 0.29) is 5.43 Å². The fourth-order valence-corrected chi connectivity index (χ4v) is 3.71. The summed E-state index contributed by atoms with van der Waals surface area (Å²) in [6.45, 7) is 2.52. The van der Waals surface area contributed by atoms with Gasteiger partial charge in [-0.05, 0) is 23.8 Å². The van der Waals surface area contributed by atoms with E-state index in [1.54, 1.807) is 17.5 Å². The monoisotopic (exact) mass is 306 g/mol. The molecule has 2 aromatic carbocycles. The van der Waals surface area contributed by atoms with Crippen molar-refractivity contribution < 1.29 is 0 Å². The van der Waals surface area contributed by atoms with E-state index in [9.17, 15) is 4.79 Å². The zero-order valence-corrected chi connectivity index (χ0v) is 12.9. The van der Waals surface area contributed by atoms with Crippen molar-refractivity contribution in [1.82, 2.24) is 9.55 Å². The van der Waals surface area contributed by atoms with Gasteiger partial charge in [0.05, 0.1) is 6.54 Å². The first-order valence-corrected chi connectivity index (χ1v) is 8.02. The molecule has 0 saturated carbocycles. The second kappa shape index (κ2) is 5.07. The van der Waals surface area contributed by atoms with Crippen LogP contribution in [0.2, 0.25) is 0 Å². The molecule has 0 aliphatic rings. The summed E-state index contributed by atoms with van der Waals surface area (Å²) in [6, 6.07) is 12.2. The van der Waals surface area contributed by atoms with Crippen LogP contribution in [-0.4, -0.2) is 9.55 Å². The summed E-state index contributed by atoms with van der Waals surface area (Å²) in [6.07, 6.45) is 3.67. The number of fused-ring (bicyclic) bond motifs is 3. The summed E-state index contributed by atoms with van der Waals surface area (Å²) in [5.41, 5.74) is 0.939. The lowest BCUT2D eigenvalue weighted by molar-refractivity contribution is 0.760. The molecule has 22 heavy (non-hydrogen) atoms. The van der Waals surface area contributed by atoms with Crippen molar-refractivity contribution in [3.8, 4) is 0 Å². The predicted octanol–water partition coefficient (Wildman–Crippen LogP) is 3.97. The number of nitrogens with zero attached hydrogens (tertiary/aromatic N) is 2.